The number of phosphoric ester groups is 2. The van der Waals surface area contributed by atoms with E-state index in [1.807, 2.05) is 0 Å². The molecule has 0 aromatic carbocycles. The summed E-state index contributed by atoms with van der Waals surface area (Å²) < 4.78 is 68.4. The van der Waals surface area contributed by atoms with Crippen LogP contribution in [-0.4, -0.2) is 96.7 Å². The highest BCUT2D eigenvalue weighted by molar-refractivity contribution is 7.47. The summed E-state index contributed by atoms with van der Waals surface area (Å²) in [4.78, 5) is 72.9. The molecule has 0 saturated carbocycles. The molecule has 102 heavy (non-hydrogen) atoms. The molecular formula is C83H134O17P2. The fourth-order valence-electron chi connectivity index (χ4n) is 9.46. The van der Waals surface area contributed by atoms with E-state index in [4.69, 9.17) is 37.0 Å². The van der Waals surface area contributed by atoms with Crippen LogP contribution in [0.2, 0.25) is 0 Å². The minimum absolute atomic E-state index is 0.0301. The molecule has 19 heteroatoms. The van der Waals surface area contributed by atoms with Crippen LogP contribution in [0.3, 0.4) is 0 Å². The van der Waals surface area contributed by atoms with Crippen molar-refractivity contribution in [2.75, 3.05) is 39.6 Å². The molecule has 0 aliphatic heterocycles. The lowest BCUT2D eigenvalue weighted by Gasteiger charge is -2.21. The predicted molar refractivity (Wildman–Crippen MR) is 417 cm³/mol. The Hall–Kier alpha value is -5.58. The predicted octanol–water partition coefficient (Wildman–Crippen LogP) is 22.2. The van der Waals surface area contributed by atoms with E-state index in [0.29, 0.717) is 32.1 Å². The van der Waals surface area contributed by atoms with Gasteiger partial charge in [-0.3, -0.25) is 37.3 Å². The second-order valence-corrected chi connectivity index (χ2v) is 27.7. The molecule has 0 aromatic rings. The Balaban J connectivity index is 5.46. The number of unbranched alkanes of at least 4 members (excludes halogenated alkanes) is 16. The highest BCUT2D eigenvalue weighted by Gasteiger charge is 2.30. The van der Waals surface area contributed by atoms with E-state index in [1.165, 1.54) is 0 Å². The largest absolute Gasteiger partial charge is 0.472 e. The molecule has 0 amide bonds. The first-order valence-electron chi connectivity index (χ1n) is 38.4. The maximum Gasteiger partial charge on any atom is 0.472 e. The zero-order valence-electron chi connectivity index (χ0n) is 63.0. The van der Waals surface area contributed by atoms with Crippen molar-refractivity contribution in [2.45, 2.75) is 290 Å². The topological polar surface area (TPSA) is 237 Å². The molecular weight excluding hydrogens is 1330 g/mol. The summed E-state index contributed by atoms with van der Waals surface area (Å²) in [5.41, 5.74) is 0. The van der Waals surface area contributed by atoms with Crippen LogP contribution in [0, 0.1) is 0 Å². The summed E-state index contributed by atoms with van der Waals surface area (Å²) in [6.07, 6.45) is 86.3. The zero-order chi connectivity index (χ0) is 74.6. The first kappa shape index (κ1) is 96.4. The van der Waals surface area contributed by atoms with Gasteiger partial charge >= 0.3 is 39.5 Å². The van der Waals surface area contributed by atoms with E-state index in [2.05, 4.69) is 198 Å². The molecule has 0 aliphatic rings. The van der Waals surface area contributed by atoms with Crippen molar-refractivity contribution in [3.05, 3.63) is 170 Å². The van der Waals surface area contributed by atoms with E-state index in [9.17, 15) is 43.2 Å². The lowest BCUT2D eigenvalue weighted by Crippen LogP contribution is -2.30. The number of hydrogen-bond acceptors (Lipinski definition) is 15. The smallest absolute Gasteiger partial charge is 0.462 e. The quantitative estimate of drug-likeness (QED) is 0.0169. The third kappa shape index (κ3) is 72.8. The van der Waals surface area contributed by atoms with Crippen molar-refractivity contribution in [3.8, 4) is 0 Å². The molecule has 17 nitrogen and oxygen atoms in total. The molecule has 0 aromatic heterocycles. The number of aliphatic hydroxyl groups is 1. The van der Waals surface area contributed by atoms with Crippen LogP contribution in [0.1, 0.15) is 272 Å². The van der Waals surface area contributed by atoms with Crippen LogP contribution in [-0.2, 0) is 65.4 Å². The summed E-state index contributed by atoms with van der Waals surface area (Å²) in [5.74, 6) is -2.30. The zero-order valence-corrected chi connectivity index (χ0v) is 64.8. The maximum absolute atomic E-state index is 13.1. The molecule has 0 heterocycles. The summed E-state index contributed by atoms with van der Waals surface area (Å²) in [5, 5.41) is 10.6. The Morgan fingerprint density at radius 2 is 0.480 bits per heavy atom. The van der Waals surface area contributed by atoms with Gasteiger partial charge in [0, 0.05) is 25.7 Å². The number of rotatable bonds is 70. The number of hydrogen-bond donors (Lipinski definition) is 3. The number of esters is 4. The summed E-state index contributed by atoms with van der Waals surface area (Å²) in [6, 6.07) is 0. The Labute approximate surface area is 616 Å². The number of ether oxygens (including phenoxy) is 4. The second kappa shape index (κ2) is 73.7. The lowest BCUT2D eigenvalue weighted by atomic mass is 10.1. The molecule has 5 atom stereocenters. The number of carbonyl (C=O) groups is 4. The molecule has 0 bridgehead atoms. The van der Waals surface area contributed by atoms with Gasteiger partial charge in [-0.15, -0.1) is 0 Å². The normalized spacial score (nSPS) is 14.9. The van der Waals surface area contributed by atoms with Crippen LogP contribution in [0.4, 0.5) is 0 Å². The van der Waals surface area contributed by atoms with Crippen molar-refractivity contribution in [3.63, 3.8) is 0 Å². The Bertz CT molecular complexity index is 2600. The van der Waals surface area contributed by atoms with Crippen molar-refractivity contribution >= 4 is 39.5 Å². The second-order valence-electron chi connectivity index (χ2n) is 24.8. The average molecular weight is 1470 g/mol. The van der Waals surface area contributed by atoms with Gasteiger partial charge in [0.25, 0.3) is 0 Å². The van der Waals surface area contributed by atoms with Crippen LogP contribution >= 0.6 is 15.6 Å². The molecule has 578 valence electrons. The van der Waals surface area contributed by atoms with Crippen molar-refractivity contribution in [1.82, 2.24) is 0 Å². The first-order chi connectivity index (χ1) is 49.7. The van der Waals surface area contributed by atoms with Gasteiger partial charge in [0.15, 0.2) is 12.2 Å². The van der Waals surface area contributed by atoms with Crippen molar-refractivity contribution in [1.29, 1.82) is 0 Å². The molecule has 0 aliphatic carbocycles. The van der Waals surface area contributed by atoms with Gasteiger partial charge in [0.2, 0.25) is 0 Å². The first-order valence-corrected chi connectivity index (χ1v) is 41.4. The van der Waals surface area contributed by atoms with Crippen LogP contribution < -0.4 is 0 Å². The molecule has 0 radical (unpaired) electrons. The van der Waals surface area contributed by atoms with Gasteiger partial charge in [-0.2, -0.15) is 0 Å². The van der Waals surface area contributed by atoms with Crippen LogP contribution in [0.15, 0.2) is 170 Å². The average Bonchev–Trinajstić information content (AvgIpc) is 0.923. The van der Waals surface area contributed by atoms with Crippen molar-refractivity contribution < 1.29 is 80.2 Å². The Morgan fingerprint density at radius 3 is 0.755 bits per heavy atom. The molecule has 0 fully saturated rings. The molecule has 5 unspecified atom stereocenters. The molecule has 3 N–H and O–H groups in total. The molecule has 0 rings (SSSR count). The third-order valence-electron chi connectivity index (χ3n) is 15.2. The highest BCUT2D eigenvalue weighted by atomic mass is 31.2. The summed E-state index contributed by atoms with van der Waals surface area (Å²) in [7, 11) is -10.00. The molecule has 0 saturated heterocycles. The van der Waals surface area contributed by atoms with Gasteiger partial charge in [0.1, 0.15) is 19.3 Å². The van der Waals surface area contributed by atoms with E-state index >= 15 is 0 Å². The van der Waals surface area contributed by atoms with Gasteiger partial charge in [0.05, 0.1) is 26.4 Å². The van der Waals surface area contributed by atoms with E-state index in [1.54, 1.807) is 0 Å². The fourth-order valence-corrected chi connectivity index (χ4v) is 11.0. The van der Waals surface area contributed by atoms with Gasteiger partial charge < -0.3 is 33.8 Å². The standard InChI is InChI=1S/C83H134O17P2/c1-5-9-13-17-21-25-29-33-37-38-42-44-48-52-56-60-64-68-81(86)94-74-79(100-83(88)70-66-62-58-54-50-46-41-36-32-28-24-20-16-12-8-4)76-98-102(91,92)96-72-77(84)71-95-101(89,90)97-75-78(99-82(87)69-65-61-57-53-49-45-40-35-31-27-23-19-15-11-7-3)73-93-80(85)67-63-59-55-51-47-43-39-34-30-26-22-18-14-10-6-2/h9-16,21-28,33-37,39-42,44,50,54,77-79,84H,5-8,17-20,29-32,38,43,45-49,51-53,55-76H2,1-4H3,(H,89,90)(H,91,92)/b13-9-,14-10-,15-11-,16-12-,25-21-,26-22-,27-23-,28-24-,37-33-,39-34-,40-35-,41-36-,44-42-,54-50-. The van der Waals surface area contributed by atoms with E-state index < -0.39 is 97.5 Å². The van der Waals surface area contributed by atoms with Gasteiger partial charge in [-0.1, -0.05) is 249 Å². The monoisotopic (exact) mass is 1460 g/mol. The van der Waals surface area contributed by atoms with Gasteiger partial charge in [-0.25, -0.2) is 9.13 Å². The van der Waals surface area contributed by atoms with E-state index in [0.717, 1.165) is 186 Å². The number of aliphatic hydroxyl groups excluding tert-OH is 1. The fraction of sp³-hybridized carbons (Fsp3) is 0.614. The highest BCUT2D eigenvalue weighted by Crippen LogP contribution is 2.45. The van der Waals surface area contributed by atoms with Crippen molar-refractivity contribution in [2.24, 2.45) is 0 Å². The maximum atomic E-state index is 13.1. The Kier molecular flexibility index (Phi) is 69.7. The molecule has 0 spiro atoms. The Morgan fingerprint density at radius 1 is 0.275 bits per heavy atom. The number of allylic oxidation sites excluding steroid dienone is 28. The summed E-state index contributed by atoms with van der Waals surface area (Å²) >= 11 is 0. The van der Waals surface area contributed by atoms with Crippen LogP contribution in [0.5, 0.6) is 0 Å². The minimum atomic E-state index is -5.00. The van der Waals surface area contributed by atoms with Gasteiger partial charge in [-0.05, 0) is 167 Å². The number of carbonyl (C=O) groups excluding carboxylic acids is 4. The third-order valence-corrected chi connectivity index (χ3v) is 17.1. The van der Waals surface area contributed by atoms with Crippen LogP contribution in [0.25, 0.3) is 0 Å². The lowest BCUT2D eigenvalue weighted by molar-refractivity contribution is -0.161. The number of phosphoric acid groups is 2. The minimum Gasteiger partial charge on any atom is -0.462 e. The summed E-state index contributed by atoms with van der Waals surface area (Å²) in [6.45, 7) is 4.28. The SMILES string of the molecule is CC/C=C\C/C=C\C/C=C\C/C=C\CCCCCCC(=O)OCC(COP(=O)(O)OCC(O)COP(=O)(O)OCC(COC(=O)CCCCCCC/C=C\C/C=C\C/C=C\CC)OC(=O)CCCCCCC/C=C\C/C=C\C/C=C\CC)OC(=O)CCCC/C=C\C/C=C\C/C=C\C/C=C\CC. The van der Waals surface area contributed by atoms with E-state index in [-0.39, 0.29) is 25.7 Å².